The number of anilines is 3. The van der Waals surface area contributed by atoms with Crippen molar-refractivity contribution in [2.24, 2.45) is 33.6 Å². The maximum atomic E-state index is 15.2. The van der Waals surface area contributed by atoms with Gasteiger partial charge in [-0.15, -0.1) is 0 Å². The minimum absolute atomic E-state index is 0.00752. The third kappa shape index (κ3) is 32.2. The number of benzene rings is 3. The molecule has 3 aromatic carbocycles. The summed E-state index contributed by atoms with van der Waals surface area (Å²) in [5.74, 6) is -7.04. The molecule has 6 aliphatic rings. The number of ether oxygens (including phenoxy) is 13. The number of para-hydroxylation sites is 1. The minimum Gasteiger partial charge on any atom is -0.476 e. The van der Waals surface area contributed by atoms with E-state index >= 15 is 4.79 Å². The van der Waals surface area contributed by atoms with E-state index in [2.05, 4.69) is 34.8 Å². The zero-order valence-electron chi connectivity index (χ0n) is 79.5. The molecule has 0 radical (unpaired) electrons. The van der Waals surface area contributed by atoms with Crippen LogP contribution in [-0.2, 0) is 127 Å². The van der Waals surface area contributed by atoms with Crippen LogP contribution in [0.15, 0.2) is 97.2 Å². The number of carboxylic acids is 1. The Balaban J connectivity index is 0.645. The summed E-state index contributed by atoms with van der Waals surface area (Å²) in [6, 6.07) is 19.3. The lowest BCUT2D eigenvalue weighted by atomic mass is 9.39. The smallest absolute Gasteiger partial charge is 0.410 e. The number of primary amides is 2. The molecule has 43 heteroatoms. The number of fused-ring (bicyclic) bond motifs is 2. The van der Waals surface area contributed by atoms with Gasteiger partial charge in [-0.2, -0.15) is 13.5 Å². The predicted molar refractivity (Wildman–Crippen MR) is 507 cm³/mol. The van der Waals surface area contributed by atoms with Gasteiger partial charge in [0.25, 0.3) is 33.7 Å². The Bertz CT molecular complexity index is 5170. The van der Waals surface area contributed by atoms with Gasteiger partial charge in [0.1, 0.15) is 31.1 Å². The van der Waals surface area contributed by atoms with Gasteiger partial charge in [-0.25, -0.2) is 24.4 Å². The minimum atomic E-state index is -4.60. The fourth-order valence-corrected chi connectivity index (χ4v) is 20.7. The molecule has 4 fully saturated rings. The van der Waals surface area contributed by atoms with Gasteiger partial charge in [0, 0.05) is 106 Å². The molecule has 9 N–H and O–H groups in total. The maximum Gasteiger partial charge on any atom is 0.410 e. The zero-order valence-corrected chi connectivity index (χ0v) is 81.1. The third-order valence-electron chi connectivity index (χ3n) is 24.7. The second-order valence-electron chi connectivity index (χ2n) is 36.1. The fraction of sp³-hybridized carbons (Fsp3) is 0.589. The highest BCUT2D eigenvalue weighted by Gasteiger charge is 2.66. The highest BCUT2D eigenvalue weighted by atomic mass is 32.2. The molecule has 138 heavy (non-hydrogen) atoms. The number of aromatic carboxylic acids is 1. The van der Waals surface area contributed by atoms with Crippen LogP contribution in [0.4, 0.5) is 26.2 Å². The number of carboxylic acid groups (broad SMARTS) is 1. The number of nitrogens with one attached hydrogen (secondary N) is 3. The lowest BCUT2D eigenvalue weighted by molar-refractivity contribution is -0.248. The molecule has 4 atom stereocenters. The van der Waals surface area contributed by atoms with E-state index in [1.165, 1.54) is 40.5 Å². The van der Waals surface area contributed by atoms with E-state index in [4.69, 9.17) is 83.1 Å². The molecule has 2 aliphatic heterocycles. The number of carbonyl (C=O) groups excluding carboxylic acids is 9. The highest BCUT2D eigenvalue weighted by Crippen LogP contribution is 2.72. The Labute approximate surface area is 807 Å². The van der Waals surface area contributed by atoms with Crippen LogP contribution in [0.25, 0.3) is 21.3 Å². The van der Waals surface area contributed by atoms with Crippen molar-refractivity contribution in [2.75, 3.05) is 219 Å². The molecule has 6 aromatic rings. The van der Waals surface area contributed by atoms with Gasteiger partial charge >= 0.3 is 18.1 Å². The highest BCUT2D eigenvalue weighted by molar-refractivity contribution is 7.85. The number of nitrogens with two attached hydrogens (primary N) is 2. The van der Waals surface area contributed by atoms with E-state index in [1.54, 1.807) is 39.3 Å². The van der Waals surface area contributed by atoms with Crippen molar-refractivity contribution in [1.82, 2.24) is 45.1 Å². The fourth-order valence-electron chi connectivity index (χ4n) is 19.4. The number of pyridine rings is 1. The second kappa shape index (κ2) is 52.6. The predicted octanol–water partition coefficient (Wildman–Crippen LogP) is 6.77. The number of thiazole rings is 1. The van der Waals surface area contributed by atoms with Crippen molar-refractivity contribution in [1.29, 1.82) is 0 Å². The summed E-state index contributed by atoms with van der Waals surface area (Å²) >= 11 is 1.39. The average Bonchev–Trinajstić information content (AvgIpc) is 0.806. The number of amides is 10. The zero-order chi connectivity index (χ0) is 98.8. The van der Waals surface area contributed by atoms with Crippen molar-refractivity contribution >= 4 is 108 Å². The molecule has 4 aliphatic carbocycles. The van der Waals surface area contributed by atoms with E-state index in [-0.39, 0.29) is 119 Å². The Morgan fingerprint density at radius 3 is 1.78 bits per heavy atom. The molecule has 41 nitrogen and oxygen atoms in total. The quantitative estimate of drug-likeness (QED) is 0.0118. The molecular weight excluding hydrogens is 1830 g/mol. The average molecular weight is 1970 g/mol. The van der Waals surface area contributed by atoms with Crippen molar-refractivity contribution in [3.8, 4) is 11.1 Å². The SMILES string of the molecule is COCCOCCOCCOCCOCCOCCOCCOCCOCCOCCOCCN(CCC(=O)N[C@H](C(=O)N(c1ccc(COC(=O)N(CCOC23CC4(C)CC(C)(CC(Cn5ncc(-c6ccc(N7CCc8cccc(C(=O)Nc9nc%10ccccc%10s9)c8C7)nc6C(=O)O)c5C)(C4)C2)C3)CCS(=O)(=O)O)cc1)[C@@H](CCCNC(N)=O)C(N)=O)C(C)C)C(=O)CN1C(=O)C=CC1=O. The summed E-state index contributed by atoms with van der Waals surface area (Å²) < 4.78 is 111. The van der Waals surface area contributed by atoms with Gasteiger partial charge in [0.15, 0.2) is 10.8 Å². The van der Waals surface area contributed by atoms with Crippen molar-refractivity contribution in [2.45, 2.75) is 136 Å². The third-order valence-corrected chi connectivity index (χ3v) is 26.4. The van der Waals surface area contributed by atoms with Gasteiger partial charge in [-0.1, -0.05) is 75.4 Å². The van der Waals surface area contributed by atoms with Gasteiger partial charge in [-0.3, -0.25) is 57.9 Å². The van der Waals surface area contributed by atoms with Gasteiger partial charge < -0.3 is 103 Å². The van der Waals surface area contributed by atoms with Crippen LogP contribution in [-0.4, -0.2) is 334 Å². The van der Waals surface area contributed by atoms with Crippen LogP contribution in [0.2, 0.25) is 0 Å². The molecule has 3 aromatic heterocycles. The van der Waals surface area contributed by atoms with E-state index in [1.807, 2.05) is 59.0 Å². The van der Waals surface area contributed by atoms with E-state index in [0.717, 1.165) is 73.2 Å². The largest absolute Gasteiger partial charge is 0.476 e. The summed E-state index contributed by atoms with van der Waals surface area (Å²) in [5, 5.41) is 24.5. The molecule has 12 rings (SSSR count). The summed E-state index contributed by atoms with van der Waals surface area (Å²) in [5.41, 5.74) is 15.3. The van der Waals surface area contributed by atoms with Crippen molar-refractivity contribution in [3.05, 3.63) is 131 Å². The Morgan fingerprint density at radius 2 is 1.22 bits per heavy atom. The van der Waals surface area contributed by atoms with E-state index in [9.17, 15) is 61.2 Å². The van der Waals surface area contributed by atoms with E-state index in [0.29, 0.717) is 184 Å². The van der Waals surface area contributed by atoms with Gasteiger partial charge in [0.2, 0.25) is 17.7 Å². The van der Waals surface area contributed by atoms with Crippen LogP contribution in [0.1, 0.15) is 129 Å². The lowest BCUT2D eigenvalue weighted by Gasteiger charge is -2.69. The molecule has 5 heterocycles. The summed E-state index contributed by atoms with van der Waals surface area (Å²) in [7, 11) is -2.98. The molecular formula is C95H132N14O27S2. The normalized spacial score (nSPS) is 18.6. The second-order valence-corrected chi connectivity index (χ2v) is 38.7. The van der Waals surface area contributed by atoms with Crippen LogP contribution < -0.4 is 37.2 Å². The monoisotopic (exact) mass is 1960 g/mol. The Hall–Kier alpha value is -10.6. The molecule has 2 unspecified atom stereocenters. The molecule has 756 valence electrons. The topological polar surface area (TPSA) is 513 Å². The number of rotatable bonds is 64. The molecule has 4 saturated carbocycles. The first-order chi connectivity index (χ1) is 66.2. The first-order valence-electron chi connectivity index (χ1n) is 46.7. The first kappa shape index (κ1) is 108. The van der Waals surface area contributed by atoms with Crippen molar-refractivity contribution < 1.29 is 128 Å². The van der Waals surface area contributed by atoms with Crippen LogP contribution in [0.3, 0.4) is 0 Å². The van der Waals surface area contributed by atoms with E-state index < -0.39 is 113 Å². The summed E-state index contributed by atoms with van der Waals surface area (Å²) in [6.45, 7) is 16.8. The number of hydrogen-bond acceptors (Lipinski definition) is 30. The molecule has 4 bridgehead atoms. The number of nitrogens with zero attached hydrogens (tertiary/aromatic N) is 9. The molecule has 0 saturated heterocycles. The number of urea groups is 1. The number of carbonyl (C=O) groups is 10. The van der Waals surface area contributed by atoms with Gasteiger partial charge in [-0.05, 0) is 146 Å². The molecule has 10 amide bonds. The number of hydrogen-bond donors (Lipinski definition) is 7. The Kier molecular flexibility index (Phi) is 41.1. The number of methoxy groups -OCH3 is 1. The maximum absolute atomic E-state index is 15.2. The van der Waals surface area contributed by atoms with Crippen LogP contribution in [0, 0.1) is 29.1 Å². The standard InChI is InChI=1S/C95H132N14O27S2/c1-66(2)83(102-79(110)25-28-104(82(113)57-107-80(111)22-23-81(107)112)29-32-125-36-37-127-40-41-129-44-45-131-48-49-133-52-53-134-51-50-132-47-46-130-43-42-128-39-38-126-35-34-124-6)87(116)109(76(85(96)114)14-10-26-98-89(97)119)70-18-16-68(17-19-70)58-135-91(120)105(31-54-138(121,122)123)30-33-136-95-62-92(4)59-93(5,63-95)61-94(60-92,64-95)65-108-67(3)73(55-99-108)71-20-21-78(101-84(71)88(117)118)106-27-24-69-11-9-12-72(74(69)56-106)86(115)103-90-100-75-13-7-8-15-77(75)137-90/h7-9,11-13,15-23,55,66,76,83H,10,14,24-54,56-65H2,1-6H3,(H2,96,114)(H,102,110)(H,117,118)(H3,97,98,119)(H,100,103,115)(H,121,122,123)/t76-,83-,92?,93?,94?,95?/m0/s1. The summed E-state index contributed by atoms with van der Waals surface area (Å²) in [4.78, 5) is 151. The Morgan fingerprint density at radius 1 is 0.645 bits per heavy atom. The number of aromatic nitrogens is 4. The lowest BCUT2D eigenvalue weighted by Crippen LogP contribution is -2.64. The summed E-state index contributed by atoms with van der Waals surface area (Å²) in [6.07, 6.45) is 7.74. The number of imide groups is 1. The van der Waals surface area contributed by atoms with Crippen molar-refractivity contribution in [3.63, 3.8) is 0 Å². The molecule has 0 spiro atoms. The van der Waals surface area contributed by atoms with Gasteiger partial charge in [0.05, 0.1) is 173 Å². The first-order valence-corrected chi connectivity index (χ1v) is 49.1. The van der Waals surface area contributed by atoms with Crippen LogP contribution in [0.5, 0.6) is 0 Å². The van der Waals surface area contributed by atoms with Crippen LogP contribution >= 0.6 is 11.3 Å².